The van der Waals surface area contributed by atoms with Gasteiger partial charge in [-0.15, -0.1) is 0 Å². The molecule has 6 heteroatoms. The normalized spacial score (nSPS) is 11.3. The van der Waals surface area contributed by atoms with E-state index in [1.165, 1.54) is 17.0 Å². The highest BCUT2D eigenvalue weighted by Gasteiger charge is 2.34. The number of amides is 1. The number of rotatable bonds is 6. The summed E-state index contributed by atoms with van der Waals surface area (Å²) in [5.41, 5.74) is -0.783. The Bertz CT molecular complexity index is 546. The van der Waals surface area contributed by atoms with Crippen LogP contribution < -0.4 is 0 Å². The Morgan fingerprint density at radius 3 is 2.52 bits per heavy atom. The first-order valence-electron chi connectivity index (χ1n) is 6.59. The fourth-order valence-corrected chi connectivity index (χ4v) is 2.32. The lowest BCUT2D eigenvalue weighted by Gasteiger charge is -2.30. The van der Waals surface area contributed by atoms with Crippen molar-refractivity contribution in [3.63, 3.8) is 0 Å². The fourth-order valence-electron chi connectivity index (χ4n) is 2.16. The summed E-state index contributed by atoms with van der Waals surface area (Å²) < 4.78 is 14.0. The van der Waals surface area contributed by atoms with Crippen molar-refractivity contribution in [3.05, 3.63) is 34.6 Å². The summed E-state index contributed by atoms with van der Waals surface area (Å²) in [5, 5.41) is 8.87. The number of carbonyl (C=O) groups is 2. The fraction of sp³-hybridized carbons (Fsp3) is 0.467. The van der Waals surface area contributed by atoms with Crippen LogP contribution in [0.15, 0.2) is 18.2 Å². The number of halogens is 2. The Morgan fingerprint density at radius 1 is 1.38 bits per heavy atom. The van der Waals surface area contributed by atoms with E-state index < -0.39 is 17.2 Å². The van der Waals surface area contributed by atoms with Crippen molar-refractivity contribution in [2.45, 2.75) is 32.1 Å². The first-order valence-corrected chi connectivity index (χ1v) is 6.97. The van der Waals surface area contributed by atoms with E-state index in [9.17, 15) is 14.0 Å². The van der Waals surface area contributed by atoms with Crippen LogP contribution in [-0.2, 0) is 15.0 Å². The molecular formula is C15H19ClFNO3. The lowest BCUT2D eigenvalue weighted by molar-refractivity contribution is -0.139. The molecule has 0 saturated heterocycles. The van der Waals surface area contributed by atoms with E-state index in [4.69, 9.17) is 16.7 Å². The van der Waals surface area contributed by atoms with Gasteiger partial charge in [-0.1, -0.05) is 17.7 Å². The predicted molar refractivity (Wildman–Crippen MR) is 78.9 cm³/mol. The van der Waals surface area contributed by atoms with Crippen molar-refractivity contribution >= 4 is 23.5 Å². The molecule has 1 aromatic carbocycles. The summed E-state index contributed by atoms with van der Waals surface area (Å²) in [5.74, 6) is -1.70. The molecule has 0 spiro atoms. The molecule has 0 unspecified atom stereocenters. The molecule has 1 N–H and O–H groups in total. The van der Waals surface area contributed by atoms with E-state index in [-0.39, 0.29) is 22.9 Å². The number of likely N-dealkylation sites (N-methyl/N-ethyl adjacent to an activating group) is 1. The van der Waals surface area contributed by atoms with Crippen LogP contribution in [0.2, 0.25) is 5.02 Å². The number of benzene rings is 1. The molecule has 0 aliphatic heterocycles. The predicted octanol–water partition coefficient (Wildman–Crippen LogP) is 3.08. The molecule has 4 nitrogen and oxygen atoms in total. The first-order chi connectivity index (χ1) is 9.66. The second-order valence-electron chi connectivity index (χ2n) is 5.47. The van der Waals surface area contributed by atoms with Crippen molar-refractivity contribution in [3.8, 4) is 0 Å². The minimum absolute atomic E-state index is 0.00659. The van der Waals surface area contributed by atoms with Gasteiger partial charge in [-0.05, 0) is 32.4 Å². The average molecular weight is 316 g/mol. The molecule has 1 rings (SSSR count). The van der Waals surface area contributed by atoms with Crippen molar-refractivity contribution in [2.24, 2.45) is 0 Å². The van der Waals surface area contributed by atoms with Gasteiger partial charge >= 0.3 is 5.97 Å². The molecule has 0 aliphatic rings. The molecule has 0 saturated carbocycles. The standard InChI is InChI=1S/C15H19ClFNO3/c1-15(2,11-7-6-10(16)9-12(11)17)14(21)18(3)8-4-5-13(19)20/h6-7,9H,4-5,8H2,1-3H3,(H,19,20). The van der Waals surface area contributed by atoms with Crippen LogP contribution in [-0.4, -0.2) is 35.5 Å². The van der Waals surface area contributed by atoms with Crippen LogP contribution in [0.25, 0.3) is 0 Å². The lowest BCUT2D eigenvalue weighted by atomic mass is 9.83. The van der Waals surface area contributed by atoms with E-state index in [2.05, 4.69) is 0 Å². The maximum atomic E-state index is 14.0. The molecule has 0 bridgehead atoms. The third kappa shape index (κ3) is 4.43. The van der Waals surface area contributed by atoms with Crippen LogP contribution in [0, 0.1) is 5.82 Å². The Hall–Kier alpha value is -1.62. The smallest absolute Gasteiger partial charge is 0.303 e. The van der Waals surface area contributed by atoms with Gasteiger partial charge in [0.05, 0.1) is 5.41 Å². The number of hydrogen-bond donors (Lipinski definition) is 1. The van der Waals surface area contributed by atoms with Crippen LogP contribution in [0.3, 0.4) is 0 Å². The molecule has 0 atom stereocenters. The highest BCUT2D eigenvalue weighted by molar-refractivity contribution is 6.30. The largest absolute Gasteiger partial charge is 0.481 e. The van der Waals surface area contributed by atoms with Crippen molar-refractivity contribution < 1.29 is 19.1 Å². The maximum absolute atomic E-state index is 14.0. The molecule has 1 amide bonds. The second-order valence-corrected chi connectivity index (χ2v) is 5.91. The topological polar surface area (TPSA) is 57.6 Å². The lowest BCUT2D eigenvalue weighted by Crippen LogP contribution is -2.42. The first kappa shape index (κ1) is 17.4. The molecule has 0 aromatic heterocycles. The van der Waals surface area contributed by atoms with E-state index in [0.29, 0.717) is 13.0 Å². The third-order valence-electron chi connectivity index (χ3n) is 3.37. The zero-order valence-electron chi connectivity index (χ0n) is 12.3. The van der Waals surface area contributed by atoms with Gasteiger partial charge in [0.15, 0.2) is 0 Å². The van der Waals surface area contributed by atoms with Crippen molar-refractivity contribution in [1.29, 1.82) is 0 Å². The molecule has 1 aromatic rings. The zero-order valence-corrected chi connectivity index (χ0v) is 13.1. The summed E-state index contributed by atoms with van der Waals surface area (Å²) in [7, 11) is 1.58. The van der Waals surface area contributed by atoms with Gasteiger partial charge in [0.1, 0.15) is 5.82 Å². The van der Waals surface area contributed by atoms with E-state index >= 15 is 0 Å². The minimum Gasteiger partial charge on any atom is -0.481 e. The van der Waals surface area contributed by atoms with Gasteiger partial charge in [0.2, 0.25) is 5.91 Å². The van der Waals surface area contributed by atoms with Gasteiger partial charge in [0.25, 0.3) is 0 Å². The van der Waals surface area contributed by atoms with E-state index in [1.54, 1.807) is 27.0 Å². The number of nitrogens with zero attached hydrogens (tertiary/aromatic N) is 1. The molecule has 0 radical (unpaired) electrons. The SMILES string of the molecule is CN(CCCC(=O)O)C(=O)C(C)(C)c1ccc(Cl)cc1F. The summed E-state index contributed by atoms with van der Waals surface area (Å²) >= 11 is 5.72. The second kappa shape index (κ2) is 6.89. The van der Waals surface area contributed by atoms with Crippen molar-refractivity contribution in [2.75, 3.05) is 13.6 Å². The highest BCUT2D eigenvalue weighted by Crippen LogP contribution is 2.29. The number of carboxylic acids is 1. The Balaban J connectivity index is 2.85. The number of carboxylic acid groups (broad SMARTS) is 1. The third-order valence-corrected chi connectivity index (χ3v) is 3.61. The molecule has 0 heterocycles. The summed E-state index contributed by atoms with van der Waals surface area (Å²) in [4.78, 5) is 24.4. The van der Waals surface area contributed by atoms with Crippen LogP contribution in [0.5, 0.6) is 0 Å². The van der Waals surface area contributed by atoms with Crippen LogP contribution >= 0.6 is 11.6 Å². The monoisotopic (exact) mass is 315 g/mol. The average Bonchev–Trinajstić information content (AvgIpc) is 2.36. The number of hydrogen-bond acceptors (Lipinski definition) is 2. The van der Waals surface area contributed by atoms with Gasteiger partial charge < -0.3 is 10.0 Å². The Labute approximate surface area is 128 Å². The molecule has 0 aliphatic carbocycles. The van der Waals surface area contributed by atoms with Crippen LogP contribution in [0.4, 0.5) is 4.39 Å². The number of aliphatic carboxylic acids is 1. The highest BCUT2D eigenvalue weighted by atomic mass is 35.5. The minimum atomic E-state index is -1.05. The Morgan fingerprint density at radius 2 is 2.00 bits per heavy atom. The molecule has 21 heavy (non-hydrogen) atoms. The maximum Gasteiger partial charge on any atom is 0.303 e. The van der Waals surface area contributed by atoms with Gasteiger partial charge in [0, 0.05) is 30.6 Å². The summed E-state index contributed by atoms with van der Waals surface area (Å²) in [6.07, 6.45) is 0.351. The van der Waals surface area contributed by atoms with E-state index in [1.807, 2.05) is 0 Å². The Kier molecular flexibility index (Phi) is 5.72. The summed E-state index contributed by atoms with van der Waals surface area (Å²) in [6, 6.07) is 4.22. The molecular weight excluding hydrogens is 297 g/mol. The van der Waals surface area contributed by atoms with E-state index in [0.717, 1.165) is 0 Å². The van der Waals surface area contributed by atoms with Gasteiger partial charge in [-0.3, -0.25) is 9.59 Å². The molecule has 0 fully saturated rings. The summed E-state index contributed by atoms with van der Waals surface area (Å²) in [6.45, 7) is 3.58. The van der Waals surface area contributed by atoms with Crippen molar-refractivity contribution in [1.82, 2.24) is 4.90 Å². The number of carbonyl (C=O) groups excluding carboxylic acids is 1. The zero-order chi connectivity index (χ0) is 16.2. The van der Waals surface area contributed by atoms with Gasteiger partial charge in [-0.25, -0.2) is 4.39 Å². The quantitative estimate of drug-likeness (QED) is 0.877. The van der Waals surface area contributed by atoms with Crippen LogP contribution in [0.1, 0.15) is 32.3 Å². The van der Waals surface area contributed by atoms with Gasteiger partial charge in [-0.2, -0.15) is 0 Å². The molecule has 116 valence electrons.